The molecule has 34 heavy (non-hydrogen) atoms. The Morgan fingerprint density at radius 1 is 1.15 bits per heavy atom. The van der Waals surface area contributed by atoms with Crippen molar-refractivity contribution in [1.29, 1.82) is 0 Å². The molecule has 1 saturated heterocycles. The monoisotopic (exact) mass is 499 g/mol. The fraction of sp³-hybridized carbons (Fsp3) is 0.364. The lowest BCUT2D eigenvalue weighted by Gasteiger charge is -2.34. The number of rotatable bonds is 7. The van der Waals surface area contributed by atoms with Crippen LogP contribution in [-0.4, -0.2) is 59.6 Å². The Morgan fingerprint density at radius 3 is 2.59 bits per heavy atom. The molecule has 0 bridgehead atoms. The molecule has 0 aliphatic carbocycles. The molecule has 0 spiro atoms. The van der Waals surface area contributed by atoms with Crippen LogP contribution in [0.5, 0.6) is 5.75 Å². The molecule has 1 unspecified atom stereocenters. The first kappa shape index (κ1) is 25.3. The molecule has 2 aromatic rings. The predicted octanol–water partition coefficient (Wildman–Crippen LogP) is 3.85. The van der Waals surface area contributed by atoms with E-state index in [1.165, 1.54) is 18.2 Å². The highest BCUT2D eigenvalue weighted by Gasteiger charge is 2.44. The molecular weight excluding hydrogens is 479 g/mol. The summed E-state index contributed by atoms with van der Waals surface area (Å²) in [6, 6.07) is 6.56. The summed E-state index contributed by atoms with van der Waals surface area (Å²) in [5.41, 5.74) is 0.944. The molecule has 0 saturated carbocycles. The quantitative estimate of drug-likeness (QED) is 0.351. The third-order valence-corrected chi connectivity index (χ3v) is 5.18. The Labute approximate surface area is 198 Å². The van der Waals surface area contributed by atoms with Gasteiger partial charge in [0, 0.05) is 41.8 Å². The highest BCUT2D eigenvalue weighted by Crippen LogP contribution is 2.26. The maximum Gasteiger partial charge on any atom is 0.491 e. The maximum atomic E-state index is 13.1. The van der Waals surface area contributed by atoms with E-state index in [1.54, 1.807) is 24.5 Å². The number of ether oxygens (including phenoxy) is 2. The largest absolute Gasteiger partial charge is 0.492 e. The van der Waals surface area contributed by atoms with Crippen molar-refractivity contribution < 1.29 is 37.0 Å². The van der Waals surface area contributed by atoms with Gasteiger partial charge in [0.05, 0.1) is 0 Å². The van der Waals surface area contributed by atoms with E-state index in [4.69, 9.17) is 16.3 Å². The van der Waals surface area contributed by atoms with Crippen LogP contribution in [0.15, 0.2) is 42.7 Å². The first-order valence-electron chi connectivity index (χ1n) is 10.4. The van der Waals surface area contributed by atoms with Crippen molar-refractivity contribution in [2.75, 3.05) is 25.0 Å². The zero-order chi connectivity index (χ0) is 24.7. The Bertz CT molecular complexity index is 1040. The average Bonchev–Trinajstić information content (AvgIpc) is 2.81. The Kier molecular flexibility index (Phi) is 8.32. The molecule has 3 rings (SSSR count). The van der Waals surface area contributed by atoms with Gasteiger partial charge in [-0.3, -0.25) is 9.78 Å². The minimum Gasteiger partial charge on any atom is -0.492 e. The number of nitrogens with zero attached hydrogens (tertiary/aromatic N) is 2. The summed E-state index contributed by atoms with van der Waals surface area (Å²) in [4.78, 5) is 41.4. The SMILES string of the molecule is O=C(OC(=O)C(F)(F)F)C1CCCCN1C(=O)c1cc(Cl)cc(OCCNc2ccncc2)c1. The van der Waals surface area contributed by atoms with Crippen LogP contribution in [-0.2, 0) is 14.3 Å². The molecule has 1 atom stereocenters. The first-order valence-corrected chi connectivity index (χ1v) is 10.7. The molecular formula is C22H21ClF3N3O5. The second kappa shape index (κ2) is 11.2. The van der Waals surface area contributed by atoms with Crippen molar-refractivity contribution in [3.63, 3.8) is 0 Å². The van der Waals surface area contributed by atoms with Gasteiger partial charge >= 0.3 is 18.1 Å². The molecule has 1 aliphatic heterocycles. The molecule has 1 aromatic heterocycles. The molecule has 182 valence electrons. The number of carbonyl (C=O) groups excluding carboxylic acids is 3. The number of halogens is 4. The van der Waals surface area contributed by atoms with Gasteiger partial charge in [-0.25, -0.2) is 9.59 Å². The Morgan fingerprint density at radius 2 is 1.88 bits per heavy atom. The highest BCUT2D eigenvalue weighted by molar-refractivity contribution is 6.31. The normalized spacial score (nSPS) is 16.0. The number of piperidine rings is 1. The van der Waals surface area contributed by atoms with Gasteiger partial charge in [-0.2, -0.15) is 13.2 Å². The molecule has 2 heterocycles. The number of nitrogens with one attached hydrogen (secondary N) is 1. The van der Waals surface area contributed by atoms with E-state index >= 15 is 0 Å². The summed E-state index contributed by atoms with van der Waals surface area (Å²) >= 11 is 6.13. The number of esters is 2. The van der Waals surface area contributed by atoms with Crippen LogP contribution in [0.2, 0.25) is 5.02 Å². The second-order valence-corrected chi connectivity index (χ2v) is 7.84. The molecule has 1 N–H and O–H groups in total. The van der Waals surface area contributed by atoms with Crippen LogP contribution in [0.1, 0.15) is 29.6 Å². The molecule has 1 aliphatic rings. The van der Waals surface area contributed by atoms with E-state index in [-0.39, 0.29) is 30.2 Å². The van der Waals surface area contributed by atoms with Crippen molar-refractivity contribution in [1.82, 2.24) is 9.88 Å². The minimum atomic E-state index is -5.31. The van der Waals surface area contributed by atoms with Crippen LogP contribution in [0.25, 0.3) is 0 Å². The first-order chi connectivity index (χ1) is 16.1. The minimum absolute atomic E-state index is 0.0698. The number of aromatic nitrogens is 1. The van der Waals surface area contributed by atoms with Crippen molar-refractivity contribution in [3.8, 4) is 5.75 Å². The Hall–Kier alpha value is -3.34. The number of carbonyl (C=O) groups is 3. The summed E-state index contributed by atoms with van der Waals surface area (Å²) in [6.45, 7) is 0.805. The lowest BCUT2D eigenvalue weighted by Crippen LogP contribution is -2.49. The van der Waals surface area contributed by atoms with Crippen molar-refractivity contribution in [2.45, 2.75) is 31.5 Å². The molecule has 0 radical (unpaired) electrons. The molecule has 1 fully saturated rings. The van der Waals surface area contributed by atoms with Crippen molar-refractivity contribution in [2.24, 2.45) is 0 Å². The summed E-state index contributed by atoms with van der Waals surface area (Å²) in [7, 11) is 0. The standard InChI is InChI=1S/C22H21ClF3N3O5/c23-15-11-14(12-17(13-15)33-10-8-28-16-4-6-27-7-5-16)19(30)29-9-2-1-3-18(29)20(31)34-21(32)22(24,25)26/h4-7,11-13,18H,1-3,8-10H2,(H,27,28). The molecule has 12 heteroatoms. The number of benzene rings is 1. The van der Waals surface area contributed by atoms with Gasteiger partial charge in [-0.15, -0.1) is 0 Å². The van der Waals surface area contributed by atoms with Gasteiger partial charge < -0.3 is 19.7 Å². The van der Waals surface area contributed by atoms with Gasteiger partial charge in [0.25, 0.3) is 5.91 Å². The fourth-order valence-corrected chi connectivity index (χ4v) is 3.63. The maximum absolute atomic E-state index is 13.1. The highest BCUT2D eigenvalue weighted by atomic mass is 35.5. The number of amides is 1. The van der Waals surface area contributed by atoms with Crippen LogP contribution in [0.3, 0.4) is 0 Å². The van der Waals surface area contributed by atoms with E-state index in [1.807, 2.05) is 0 Å². The third kappa shape index (κ3) is 6.83. The van der Waals surface area contributed by atoms with E-state index in [9.17, 15) is 27.6 Å². The molecule has 8 nitrogen and oxygen atoms in total. The van der Waals surface area contributed by atoms with Gasteiger partial charge in [-0.05, 0) is 49.6 Å². The van der Waals surface area contributed by atoms with E-state index in [0.717, 1.165) is 10.6 Å². The summed E-state index contributed by atoms with van der Waals surface area (Å²) in [6.07, 6.45) is -0.947. The fourth-order valence-electron chi connectivity index (χ4n) is 3.41. The lowest BCUT2D eigenvalue weighted by atomic mass is 10.0. The number of alkyl halides is 3. The zero-order valence-electron chi connectivity index (χ0n) is 17.8. The number of hydrogen-bond acceptors (Lipinski definition) is 7. The number of likely N-dealkylation sites (tertiary alicyclic amines) is 1. The smallest absolute Gasteiger partial charge is 0.491 e. The third-order valence-electron chi connectivity index (χ3n) is 4.96. The summed E-state index contributed by atoms with van der Waals surface area (Å²) in [5.74, 6) is -4.37. The van der Waals surface area contributed by atoms with Gasteiger partial charge in [-0.1, -0.05) is 11.6 Å². The summed E-state index contributed by atoms with van der Waals surface area (Å²) in [5, 5.41) is 3.33. The zero-order valence-corrected chi connectivity index (χ0v) is 18.6. The lowest BCUT2D eigenvalue weighted by molar-refractivity contribution is -0.203. The van der Waals surface area contributed by atoms with Gasteiger partial charge in [0.2, 0.25) is 0 Å². The van der Waals surface area contributed by atoms with Crippen LogP contribution >= 0.6 is 11.6 Å². The number of anilines is 1. The van der Waals surface area contributed by atoms with E-state index < -0.39 is 30.1 Å². The van der Waals surface area contributed by atoms with E-state index in [0.29, 0.717) is 25.1 Å². The van der Waals surface area contributed by atoms with Crippen molar-refractivity contribution in [3.05, 3.63) is 53.3 Å². The molecule has 1 amide bonds. The Balaban J connectivity index is 1.66. The number of hydrogen-bond donors (Lipinski definition) is 1. The van der Waals surface area contributed by atoms with Crippen LogP contribution in [0.4, 0.5) is 18.9 Å². The predicted molar refractivity (Wildman–Crippen MR) is 116 cm³/mol. The van der Waals surface area contributed by atoms with Crippen LogP contribution < -0.4 is 10.1 Å². The molecule has 1 aromatic carbocycles. The topological polar surface area (TPSA) is 97.8 Å². The van der Waals surface area contributed by atoms with Gasteiger partial charge in [0.1, 0.15) is 18.4 Å². The number of pyridine rings is 1. The van der Waals surface area contributed by atoms with Crippen molar-refractivity contribution >= 4 is 35.1 Å². The average molecular weight is 500 g/mol. The van der Waals surface area contributed by atoms with Crippen LogP contribution in [0, 0.1) is 0 Å². The summed E-state index contributed by atoms with van der Waals surface area (Å²) < 4.78 is 47.0. The second-order valence-electron chi connectivity index (χ2n) is 7.40. The van der Waals surface area contributed by atoms with Gasteiger partial charge in [0.15, 0.2) is 0 Å². The van der Waals surface area contributed by atoms with E-state index in [2.05, 4.69) is 15.0 Å².